The summed E-state index contributed by atoms with van der Waals surface area (Å²) in [7, 11) is 0. The summed E-state index contributed by atoms with van der Waals surface area (Å²) in [5.41, 5.74) is 2.17. The Balaban J connectivity index is 1.30. The molecule has 0 atom stereocenters. The Morgan fingerprint density at radius 2 is 1.92 bits per heavy atom. The van der Waals surface area contributed by atoms with Crippen molar-refractivity contribution < 1.29 is 27.5 Å². The molecule has 12 heteroatoms. The number of urea groups is 1. The third kappa shape index (κ3) is 5.09. The van der Waals surface area contributed by atoms with Gasteiger partial charge in [-0.05, 0) is 44.5 Å². The van der Waals surface area contributed by atoms with E-state index >= 15 is 0 Å². The lowest BCUT2D eigenvalue weighted by Crippen LogP contribution is -2.65. The number of nitrogens with zero attached hydrogens (tertiary/aromatic N) is 6. The molecular formula is C25H26F2N6O4. The molecule has 10 nitrogen and oxygen atoms in total. The van der Waals surface area contributed by atoms with Crippen LogP contribution < -0.4 is 4.90 Å². The first-order valence-corrected chi connectivity index (χ1v) is 11.8. The van der Waals surface area contributed by atoms with Crippen molar-refractivity contribution in [1.29, 1.82) is 0 Å². The van der Waals surface area contributed by atoms with Gasteiger partial charge in [-0.1, -0.05) is 18.2 Å². The summed E-state index contributed by atoms with van der Waals surface area (Å²) in [6.45, 7) is 6.87. The molecule has 1 fully saturated rings. The minimum Gasteiger partial charge on any atom is -0.444 e. The first-order chi connectivity index (χ1) is 17.6. The minimum atomic E-state index is -2.85. The molecule has 0 spiro atoms. The molecular weight excluding hydrogens is 486 g/mol. The molecule has 5 rings (SSSR count). The van der Waals surface area contributed by atoms with Crippen LogP contribution in [-0.4, -0.2) is 61.8 Å². The van der Waals surface area contributed by atoms with Crippen LogP contribution in [0, 0.1) is 0 Å². The molecule has 3 amide bonds. The predicted molar refractivity (Wildman–Crippen MR) is 128 cm³/mol. The zero-order chi connectivity index (χ0) is 26.3. The van der Waals surface area contributed by atoms with Gasteiger partial charge in [0.05, 0.1) is 29.5 Å². The molecule has 2 aliphatic heterocycles. The zero-order valence-corrected chi connectivity index (χ0v) is 20.6. The molecule has 2 aliphatic rings. The second kappa shape index (κ2) is 9.41. The van der Waals surface area contributed by atoms with Gasteiger partial charge in [0, 0.05) is 25.8 Å². The fourth-order valence-electron chi connectivity index (χ4n) is 4.23. The van der Waals surface area contributed by atoms with E-state index in [1.807, 2.05) is 45.0 Å². The van der Waals surface area contributed by atoms with Gasteiger partial charge in [-0.25, -0.2) is 9.59 Å². The van der Waals surface area contributed by atoms with Crippen LogP contribution in [0.4, 0.5) is 24.1 Å². The van der Waals surface area contributed by atoms with Crippen molar-refractivity contribution in [2.45, 2.75) is 51.9 Å². The lowest BCUT2D eigenvalue weighted by molar-refractivity contribution is -0.00959. The summed E-state index contributed by atoms with van der Waals surface area (Å²) in [6, 6.07) is 10.6. The van der Waals surface area contributed by atoms with Crippen LogP contribution in [-0.2, 0) is 17.8 Å². The van der Waals surface area contributed by atoms with Gasteiger partial charge in [0.2, 0.25) is 5.89 Å². The van der Waals surface area contributed by atoms with Crippen molar-refractivity contribution in [2.75, 3.05) is 18.0 Å². The van der Waals surface area contributed by atoms with E-state index in [1.54, 1.807) is 26.8 Å². The van der Waals surface area contributed by atoms with E-state index in [-0.39, 0.29) is 24.5 Å². The topological polar surface area (TPSA) is 105 Å². The number of benzene rings is 1. The summed E-state index contributed by atoms with van der Waals surface area (Å²) >= 11 is 0. The number of halogens is 2. The summed E-state index contributed by atoms with van der Waals surface area (Å²) in [5, 5.41) is 6.96. The first-order valence-electron chi connectivity index (χ1n) is 11.8. The number of likely N-dealkylation sites (tertiary alicyclic amines) is 1. The van der Waals surface area contributed by atoms with Gasteiger partial charge in [-0.3, -0.25) is 9.88 Å². The van der Waals surface area contributed by atoms with Crippen LogP contribution in [0.5, 0.6) is 0 Å². The van der Waals surface area contributed by atoms with E-state index in [1.165, 1.54) is 6.20 Å². The molecule has 1 saturated heterocycles. The largest absolute Gasteiger partial charge is 0.444 e. The fraction of sp³-hybridized carbons (Fsp3) is 0.400. The number of carbonyl (C=O) groups is 2. The number of rotatable bonds is 5. The van der Waals surface area contributed by atoms with Crippen molar-refractivity contribution in [3.05, 3.63) is 59.7 Å². The number of pyridine rings is 1. The van der Waals surface area contributed by atoms with E-state index < -0.39 is 24.0 Å². The molecule has 2 aromatic heterocycles. The average Bonchev–Trinajstić information content (AvgIpc) is 3.31. The summed E-state index contributed by atoms with van der Waals surface area (Å²) in [6.07, 6.45) is -1.80. The summed E-state index contributed by atoms with van der Waals surface area (Å²) in [5.74, 6) is -0.810. The van der Waals surface area contributed by atoms with Crippen LogP contribution in [0.2, 0.25) is 0 Å². The van der Waals surface area contributed by atoms with Crippen LogP contribution in [0.25, 0.3) is 11.5 Å². The van der Waals surface area contributed by atoms with Gasteiger partial charge in [0.25, 0.3) is 5.89 Å². The van der Waals surface area contributed by atoms with Gasteiger partial charge in [0.1, 0.15) is 5.60 Å². The van der Waals surface area contributed by atoms with Crippen molar-refractivity contribution >= 4 is 17.8 Å². The van der Waals surface area contributed by atoms with Gasteiger partial charge < -0.3 is 19.0 Å². The van der Waals surface area contributed by atoms with E-state index in [0.717, 1.165) is 11.3 Å². The Kier molecular flexibility index (Phi) is 6.26. The van der Waals surface area contributed by atoms with Crippen LogP contribution in [0.1, 0.15) is 44.3 Å². The van der Waals surface area contributed by atoms with Crippen molar-refractivity contribution in [3.8, 4) is 11.5 Å². The van der Waals surface area contributed by atoms with Gasteiger partial charge in [-0.15, -0.1) is 10.2 Å². The first kappa shape index (κ1) is 24.6. The highest BCUT2D eigenvalue weighted by Gasteiger charge is 2.42. The molecule has 0 unspecified atom stereocenters. The quantitative estimate of drug-likeness (QED) is 0.491. The van der Waals surface area contributed by atoms with E-state index in [4.69, 9.17) is 9.15 Å². The Morgan fingerprint density at radius 1 is 1.16 bits per heavy atom. The monoisotopic (exact) mass is 512 g/mol. The molecule has 1 aromatic carbocycles. The number of alkyl halides is 2. The molecule has 37 heavy (non-hydrogen) atoms. The zero-order valence-electron chi connectivity index (χ0n) is 20.6. The third-order valence-corrected chi connectivity index (χ3v) is 6.07. The molecule has 194 valence electrons. The second-order valence-electron chi connectivity index (χ2n) is 9.95. The predicted octanol–water partition coefficient (Wildman–Crippen LogP) is 4.63. The standard InChI is InChI=1S/C25H26F2N6O4/c1-25(2,3)37-24(35)31-13-18(14-31)32-11-16-6-4-5-7-19(16)33(23(32)34)12-17-9-8-15(10-28-17)21-29-30-22(36-21)20(26)27/h4-10,18,20H,11-14H2,1-3H3. The molecule has 0 radical (unpaired) electrons. The number of hydrogen-bond donors (Lipinski definition) is 0. The molecule has 4 heterocycles. The Bertz CT molecular complexity index is 1300. The molecule has 0 aliphatic carbocycles. The highest BCUT2D eigenvalue weighted by atomic mass is 19.3. The lowest BCUT2D eigenvalue weighted by atomic mass is 10.0. The maximum Gasteiger partial charge on any atom is 0.410 e. The average molecular weight is 513 g/mol. The number of amides is 3. The van der Waals surface area contributed by atoms with Crippen LogP contribution >= 0.6 is 0 Å². The highest BCUT2D eigenvalue weighted by Crippen LogP contribution is 2.33. The summed E-state index contributed by atoms with van der Waals surface area (Å²) < 4.78 is 35.9. The maximum absolute atomic E-state index is 13.6. The normalized spacial score (nSPS) is 16.2. The highest BCUT2D eigenvalue weighted by molar-refractivity contribution is 5.95. The molecule has 0 saturated carbocycles. The number of para-hydroxylation sites is 1. The lowest BCUT2D eigenvalue weighted by Gasteiger charge is -2.48. The molecule has 3 aromatic rings. The van der Waals surface area contributed by atoms with Crippen molar-refractivity contribution in [1.82, 2.24) is 25.0 Å². The van der Waals surface area contributed by atoms with Crippen molar-refractivity contribution in [2.24, 2.45) is 0 Å². The minimum absolute atomic E-state index is 0.0561. The number of aromatic nitrogens is 3. The SMILES string of the molecule is CC(C)(C)OC(=O)N1CC(N2Cc3ccccc3N(Cc3ccc(-c4nnc(C(F)F)o4)cn3)C2=O)C1. The number of fused-ring (bicyclic) bond motifs is 1. The number of hydrogen-bond acceptors (Lipinski definition) is 7. The third-order valence-electron chi connectivity index (χ3n) is 6.07. The van der Waals surface area contributed by atoms with Crippen LogP contribution in [0.15, 0.2) is 47.0 Å². The number of ether oxygens (including phenoxy) is 1. The number of carbonyl (C=O) groups excluding carboxylic acids is 2. The van der Waals surface area contributed by atoms with Gasteiger partial charge >= 0.3 is 18.5 Å². The van der Waals surface area contributed by atoms with E-state index in [9.17, 15) is 18.4 Å². The smallest absolute Gasteiger partial charge is 0.410 e. The maximum atomic E-state index is 13.6. The number of anilines is 1. The second-order valence-corrected chi connectivity index (χ2v) is 9.95. The Hall–Kier alpha value is -4.09. The Labute approximate surface area is 211 Å². The van der Waals surface area contributed by atoms with E-state index in [2.05, 4.69) is 15.2 Å². The fourth-order valence-corrected chi connectivity index (χ4v) is 4.23. The van der Waals surface area contributed by atoms with Gasteiger partial charge in [-0.2, -0.15) is 8.78 Å². The molecule has 0 bridgehead atoms. The molecule has 0 N–H and O–H groups in total. The van der Waals surface area contributed by atoms with Crippen LogP contribution in [0.3, 0.4) is 0 Å². The van der Waals surface area contributed by atoms with E-state index in [0.29, 0.717) is 30.9 Å². The van der Waals surface area contributed by atoms with Crippen molar-refractivity contribution in [3.63, 3.8) is 0 Å². The van der Waals surface area contributed by atoms with Gasteiger partial charge in [0.15, 0.2) is 0 Å². The summed E-state index contributed by atoms with van der Waals surface area (Å²) in [4.78, 5) is 35.3. The Morgan fingerprint density at radius 3 is 2.57 bits per heavy atom.